The first-order valence-corrected chi connectivity index (χ1v) is 9.03. The quantitative estimate of drug-likeness (QED) is 0.743. The van der Waals surface area contributed by atoms with Crippen LogP contribution in [0.3, 0.4) is 0 Å². The number of hydrogen-bond acceptors (Lipinski definition) is 6. The highest BCUT2D eigenvalue weighted by atomic mass is 32.2. The first kappa shape index (κ1) is 17.7. The van der Waals surface area contributed by atoms with E-state index in [1.54, 1.807) is 18.2 Å². The van der Waals surface area contributed by atoms with Gasteiger partial charge in [0.05, 0.1) is 11.4 Å². The number of nitrogens with one attached hydrogen (secondary N) is 2. The fourth-order valence-corrected chi connectivity index (χ4v) is 3.16. The number of aromatic nitrogens is 2. The molecule has 0 saturated heterocycles. The number of amides is 1. The van der Waals surface area contributed by atoms with Crippen LogP contribution in [0.4, 0.5) is 15.2 Å². The van der Waals surface area contributed by atoms with Crippen LogP contribution in [-0.4, -0.2) is 27.9 Å². The maximum Gasteiger partial charge on any atom is 0.230 e. The molecule has 0 unspecified atom stereocenters. The van der Waals surface area contributed by atoms with Crippen molar-refractivity contribution in [1.29, 1.82) is 0 Å². The summed E-state index contributed by atoms with van der Waals surface area (Å²) in [6.45, 7) is 6.10. The van der Waals surface area contributed by atoms with E-state index < -0.39 is 0 Å². The van der Waals surface area contributed by atoms with Crippen LogP contribution in [0.5, 0.6) is 0 Å². The molecule has 2 rings (SSSR count). The molecule has 0 aliphatic rings. The molecule has 0 spiro atoms. The van der Waals surface area contributed by atoms with Gasteiger partial charge in [0.1, 0.15) is 5.82 Å². The Labute approximate surface area is 143 Å². The summed E-state index contributed by atoms with van der Waals surface area (Å²) < 4.78 is 14.2. The van der Waals surface area contributed by atoms with Gasteiger partial charge < -0.3 is 10.6 Å². The molecular weight excluding hydrogens is 335 g/mol. The molecule has 0 fully saturated rings. The maximum atomic E-state index is 13.6. The monoisotopic (exact) mass is 354 g/mol. The minimum atomic E-state index is -0.348. The third-order valence-electron chi connectivity index (χ3n) is 3.24. The number of hydrogen-bond donors (Lipinski definition) is 2. The Balaban J connectivity index is 1.85. The van der Waals surface area contributed by atoms with Gasteiger partial charge in [0.25, 0.3) is 0 Å². The predicted molar refractivity (Wildman–Crippen MR) is 92.8 cm³/mol. The topological polar surface area (TPSA) is 66.9 Å². The van der Waals surface area contributed by atoms with Crippen LogP contribution >= 0.6 is 23.1 Å². The van der Waals surface area contributed by atoms with Gasteiger partial charge in [0, 0.05) is 6.04 Å². The number of anilines is 2. The number of thioether (sulfide) groups is 1. The number of carbonyl (C=O) groups excluding carboxylic acids is 1. The van der Waals surface area contributed by atoms with Crippen LogP contribution in [0.1, 0.15) is 20.8 Å². The Morgan fingerprint density at radius 1 is 1.30 bits per heavy atom. The average Bonchev–Trinajstić information content (AvgIpc) is 2.95. The lowest BCUT2D eigenvalue weighted by atomic mass is 10.1. The van der Waals surface area contributed by atoms with Gasteiger partial charge in [-0.05, 0) is 25.0 Å². The Morgan fingerprint density at radius 3 is 2.74 bits per heavy atom. The number of nitrogens with zero attached hydrogens (tertiary/aromatic N) is 2. The van der Waals surface area contributed by atoms with E-state index in [9.17, 15) is 9.18 Å². The van der Waals surface area contributed by atoms with Gasteiger partial charge in [-0.3, -0.25) is 4.79 Å². The highest BCUT2D eigenvalue weighted by Gasteiger charge is 2.13. The van der Waals surface area contributed by atoms with E-state index in [0.29, 0.717) is 21.1 Å². The van der Waals surface area contributed by atoms with Crippen molar-refractivity contribution in [1.82, 2.24) is 15.5 Å². The van der Waals surface area contributed by atoms with Crippen molar-refractivity contribution in [3.63, 3.8) is 0 Å². The standard InChI is InChI=1S/C15H19FN4OS2/c1-9(2)10(3)17-13(21)8-22-15-20-19-14(23-15)18-12-7-5-4-6-11(12)16/h4-7,9-10H,8H2,1-3H3,(H,17,21)(H,18,19)/t10-/m1/s1. The summed E-state index contributed by atoms with van der Waals surface area (Å²) in [5.41, 5.74) is 0.351. The zero-order valence-corrected chi connectivity index (χ0v) is 14.8. The SMILES string of the molecule is CC(C)[C@@H](C)NC(=O)CSc1nnc(Nc2ccccc2F)s1. The van der Waals surface area contributed by atoms with Crippen LogP contribution in [0.25, 0.3) is 0 Å². The van der Waals surface area contributed by atoms with Gasteiger partial charge in [0.2, 0.25) is 11.0 Å². The molecule has 0 aliphatic heterocycles. The maximum absolute atomic E-state index is 13.6. The zero-order chi connectivity index (χ0) is 16.8. The van der Waals surface area contributed by atoms with E-state index in [0.717, 1.165) is 0 Å². The molecule has 124 valence electrons. The Bertz CT molecular complexity index is 662. The fourth-order valence-electron chi connectivity index (χ4n) is 1.59. The van der Waals surface area contributed by atoms with E-state index in [-0.39, 0.29) is 23.5 Å². The largest absolute Gasteiger partial charge is 0.353 e. The molecule has 1 aromatic heterocycles. The van der Waals surface area contributed by atoms with Crippen LogP contribution < -0.4 is 10.6 Å². The molecule has 1 aromatic carbocycles. The van der Waals surface area contributed by atoms with Gasteiger partial charge in [-0.25, -0.2) is 4.39 Å². The summed E-state index contributed by atoms with van der Waals surface area (Å²) in [6, 6.07) is 6.50. The summed E-state index contributed by atoms with van der Waals surface area (Å²) in [4.78, 5) is 11.8. The van der Waals surface area contributed by atoms with E-state index in [1.165, 1.54) is 29.2 Å². The molecule has 5 nitrogen and oxygen atoms in total. The first-order chi connectivity index (χ1) is 11.0. The molecule has 0 saturated carbocycles. The normalized spacial score (nSPS) is 12.2. The molecule has 1 amide bonds. The molecule has 1 heterocycles. The van der Waals surface area contributed by atoms with Gasteiger partial charge in [-0.1, -0.05) is 49.1 Å². The molecule has 2 aromatic rings. The second-order valence-corrected chi connectivity index (χ2v) is 7.57. The first-order valence-electron chi connectivity index (χ1n) is 7.23. The van der Waals surface area contributed by atoms with E-state index >= 15 is 0 Å². The van der Waals surface area contributed by atoms with Crippen molar-refractivity contribution in [3.8, 4) is 0 Å². The lowest BCUT2D eigenvalue weighted by Gasteiger charge is -2.16. The Morgan fingerprint density at radius 2 is 2.04 bits per heavy atom. The number of halogens is 1. The van der Waals surface area contributed by atoms with Gasteiger partial charge in [-0.2, -0.15) is 0 Å². The molecule has 0 bridgehead atoms. The van der Waals surface area contributed by atoms with Crippen molar-refractivity contribution in [2.24, 2.45) is 5.92 Å². The van der Waals surface area contributed by atoms with Crippen molar-refractivity contribution in [3.05, 3.63) is 30.1 Å². The zero-order valence-electron chi connectivity index (χ0n) is 13.2. The number of benzene rings is 1. The van der Waals surface area contributed by atoms with E-state index in [4.69, 9.17) is 0 Å². The summed E-state index contributed by atoms with van der Waals surface area (Å²) >= 11 is 2.60. The second kappa shape index (κ2) is 8.26. The molecule has 0 aliphatic carbocycles. The molecule has 0 radical (unpaired) electrons. The summed E-state index contributed by atoms with van der Waals surface area (Å²) in [6.07, 6.45) is 0. The minimum Gasteiger partial charge on any atom is -0.353 e. The molecular formula is C15H19FN4OS2. The summed E-state index contributed by atoms with van der Waals surface area (Å²) in [5.74, 6) is 0.293. The third kappa shape index (κ3) is 5.47. The van der Waals surface area contributed by atoms with Crippen LogP contribution in [0, 0.1) is 11.7 Å². The number of para-hydroxylation sites is 1. The van der Waals surface area contributed by atoms with E-state index in [2.05, 4.69) is 34.7 Å². The van der Waals surface area contributed by atoms with Crippen molar-refractivity contribution in [2.75, 3.05) is 11.1 Å². The van der Waals surface area contributed by atoms with Gasteiger partial charge >= 0.3 is 0 Å². The van der Waals surface area contributed by atoms with Crippen molar-refractivity contribution < 1.29 is 9.18 Å². The average molecular weight is 354 g/mol. The molecule has 2 N–H and O–H groups in total. The number of carbonyl (C=O) groups is 1. The highest BCUT2D eigenvalue weighted by Crippen LogP contribution is 2.28. The van der Waals surface area contributed by atoms with Gasteiger partial charge in [0.15, 0.2) is 4.34 Å². The van der Waals surface area contributed by atoms with Crippen molar-refractivity contribution >= 4 is 39.8 Å². The fraction of sp³-hybridized carbons (Fsp3) is 0.400. The molecule has 23 heavy (non-hydrogen) atoms. The molecule has 1 atom stereocenters. The smallest absolute Gasteiger partial charge is 0.230 e. The third-order valence-corrected chi connectivity index (χ3v) is 5.21. The van der Waals surface area contributed by atoms with Crippen molar-refractivity contribution in [2.45, 2.75) is 31.2 Å². The lowest BCUT2D eigenvalue weighted by molar-refractivity contribution is -0.119. The second-order valence-electron chi connectivity index (χ2n) is 5.37. The lowest BCUT2D eigenvalue weighted by Crippen LogP contribution is -2.37. The highest BCUT2D eigenvalue weighted by molar-refractivity contribution is 8.01. The minimum absolute atomic E-state index is 0.0324. The van der Waals surface area contributed by atoms with E-state index in [1.807, 2.05) is 6.92 Å². The van der Waals surface area contributed by atoms with Gasteiger partial charge in [-0.15, -0.1) is 10.2 Å². The van der Waals surface area contributed by atoms with Crippen LogP contribution in [0.2, 0.25) is 0 Å². The summed E-state index contributed by atoms with van der Waals surface area (Å²) in [5, 5.41) is 14.3. The van der Waals surface area contributed by atoms with Crippen LogP contribution in [0.15, 0.2) is 28.6 Å². The molecule has 8 heteroatoms. The Hall–Kier alpha value is -1.67. The predicted octanol–water partition coefficient (Wildman–Crippen LogP) is 3.67. The number of rotatable bonds is 7. The van der Waals surface area contributed by atoms with Crippen LogP contribution in [-0.2, 0) is 4.79 Å². The summed E-state index contributed by atoms with van der Waals surface area (Å²) in [7, 11) is 0. The Kier molecular flexibility index (Phi) is 6.35.